The third-order valence-corrected chi connectivity index (χ3v) is 5.54. The highest BCUT2D eigenvalue weighted by molar-refractivity contribution is 6.30. The van der Waals surface area contributed by atoms with Gasteiger partial charge >= 0.3 is 0 Å². The van der Waals surface area contributed by atoms with E-state index in [-0.39, 0.29) is 5.91 Å². The van der Waals surface area contributed by atoms with Crippen molar-refractivity contribution in [1.82, 2.24) is 14.3 Å². The SMILES string of the molecule is CC1CC(C)CN(C(=O)Cc2c(-c3ccc(Cl)cc3)nc3ccccn23)C1. The Bertz CT molecular complexity index is 953. The maximum atomic E-state index is 13.1. The molecule has 4 nitrogen and oxygen atoms in total. The van der Waals surface area contributed by atoms with Gasteiger partial charge in [-0.2, -0.15) is 0 Å². The molecule has 1 aliphatic heterocycles. The minimum absolute atomic E-state index is 0.175. The fourth-order valence-electron chi connectivity index (χ4n) is 4.18. The molecule has 2 unspecified atom stereocenters. The second-order valence-electron chi connectivity index (χ2n) is 7.76. The number of piperidine rings is 1. The number of halogens is 1. The first-order chi connectivity index (χ1) is 13.0. The number of imidazole rings is 1. The number of benzene rings is 1. The lowest BCUT2D eigenvalue weighted by molar-refractivity contribution is -0.133. The van der Waals surface area contributed by atoms with Crippen LogP contribution in [-0.4, -0.2) is 33.3 Å². The summed E-state index contributed by atoms with van der Waals surface area (Å²) in [5.41, 5.74) is 3.62. The van der Waals surface area contributed by atoms with Crippen molar-refractivity contribution in [2.75, 3.05) is 13.1 Å². The van der Waals surface area contributed by atoms with E-state index in [4.69, 9.17) is 16.6 Å². The number of fused-ring (bicyclic) bond motifs is 1. The van der Waals surface area contributed by atoms with Crippen LogP contribution in [-0.2, 0) is 11.2 Å². The number of nitrogens with zero attached hydrogens (tertiary/aromatic N) is 3. The Morgan fingerprint density at radius 3 is 2.52 bits per heavy atom. The van der Waals surface area contributed by atoms with Crippen molar-refractivity contribution in [2.45, 2.75) is 26.7 Å². The quantitative estimate of drug-likeness (QED) is 0.659. The van der Waals surface area contributed by atoms with Gasteiger partial charge in [-0.3, -0.25) is 4.79 Å². The molecule has 2 aromatic heterocycles. The summed E-state index contributed by atoms with van der Waals surface area (Å²) in [7, 11) is 0. The first-order valence-corrected chi connectivity index (χ1v) is 9.88. The Morgan fingerprint density at radius 1 is 1.11 bits per heavy atom. The second-order valence-corrected chi connectivity index (χ2v) is 8.20. The molecule has 4 rings (SSSR count). The fourth-order valence-corrected chi connectivity index (χ4v) is 4.30. The Labute approximate surface area is 164 Å². The molecular formula is C22H24ClN3O. The average molecular weight is 382 g/mol. The summed E-state index contributed by atoms with van der Waals surface area (Å²) in [5, 5.41) is 0.691. The van der Waals surface area contributed by atoms with Crippen LogP contribution in [0.15, 0.2) is 48.7 Å². The molecule has 0 bridgehead atoms. The standard InChI is InChI=1S/C22H24ClN3O/c1-15-11-16(2)14-25(13-15)21(27)12-19-22(17-6-8-18(23)9-7-17)24-20-5-3-4-10-26(19)20/h3-10,15-16H,11-14H2,1-2H3. The zero-order chi connectivity index (χ0) is 19.0. The third-order valence-electron chi connectivity index (χ3n) is 5.29. The van der Waals surface area contributed by atoms with Gasteiger partial charge in [0.15, 0.2) is 0 Å². The van der Waals surface area contributed by atoms with Crippen molar-refractivity contribution in [3.05, 3.63) is 59.4 Å². The molecule has 1 aromatic carbocycles. The minimum atomic E-state index is 0.175. The summed E-state index contributed by atoms with van der Waals surface area (Å²) in [6.07, 6.45) is 3.52. The summed E-state index contributed by atoms with van der Waals surface area (Å²) in [5.74, 6) is 1.28. The Morgan fingerprint density at radius 2 is 1.81 bits per heavy atom. The van der Waals surface area contributed by atoms with E-state index in [0.717, 1.165) is 35.7 Å². The molecule has 3 heterocycles. The highest BCUT2D eigenvalue weighted by atomic mass is 35.5. The molecule has 27 heavy (non-hydrogen) atoms. The average Bonchev–Trinajstić information content (AvgIpc) is 3.00. The first kappa shape index (κ1) is 18.1. The van der Waals surface area contributed by atoms with E-state index < -0.39 is 0 Å². The Hall–Kier alpha value is -2.33. The van der Waals surface area contributed by atoms with E-state index >= 15 is 0 Å². The van der Waals surface area contributed by atoms with Gasteiger partial charge in [0.05, 0.1) is 17.8 Å². The van der Waals surface area contributed by atoms with Gasteiger partial charge < -0.3 is 9.30 Å². The van der Waals surface area contributed by atoms with Gasteiger partial charge in [0.1, 0.15) is 5.65 Å². The van der Waals surface area contributed by atoms with E-state index in [1.807, 2.05) is 58.0 Å². The van der Waals surface area contributed by atoms with Crippen molar-refractivity contribution < 1.29 is 4.79 Å². The molecule has 5 heteroatoms. The van der Waals surface area contributed by atoms with Gasteiger partial charge in [-0.1, -0.05) is 43.6 Å². The summed E-state index contributed by atoms with van der Waals surface area (Å²) in [6.45, 7) is 6.14. The van der Waals surface area contributed by atoms with Crippen LogP contribution in [0.5, 0.6) is 0 Å². The molecular weight excluding hydrogens is 358 g/mol. The number of rotatable bonds is 3. The number of carbonyl (C=O) groups excluding carboxylic acids is 1. The summed E-state index contributed by atoms with van der Waals surface area (Å²) >= 11 is 6.04. The van der Waals surface area contributed by atoms with Gasteiger partial charge in [-0.15, -0.1) is 0 Å². The monoisotopic (exact) mass is 381 g/mol. The van der Waals surface area contributed by atoms with Crippen LogP contribution >= 0.6 is 11.6 Å². The summed E-state index contributed by atoms with van der Waals surface area (Å²) in [6, 6.07) is 13.6. The second kappa shape index (κ2) is 7.35. The zero-order valence-corrected chi connectivity index (χ0v) is 16.5. The molecule has 1 aliphatic rings. The zero-order valence-electron chi connectivity index (χ0n) is 15.7. The molecule has 0 spiro atoms. The van der Waals surface area contributed by atoms with Crippen LogP contribution in [0.25, 0.3) is 16.9 Å². The lowest BCUT2D eigenvalue weighted by Gasteiger charge is -2.35. The number of aromatic nitrogens is 2. The van der Waals surface area contributed by atoms with Crippen LogP contribution in [0, 0.1) is 11.8 Å². The molecule has 2 atom stereocenters. The lowest BCUT2D eigenvalue weighted by atomic mass is 9.91. The summed E-state index contributed by atoms with van der Waals surface area (Å²) < 4.78 is 2.03. The van der Waals surface area contributed by atoms with Crippen LogP contribution < -0.4 is 0 Å². The molecule has 3 aromatic rings. The van der Waals surface area contributed by atoms with Crippen LogP contribution in [0.1, 0.15) is 26.0 Å². The largest absolute Gasteiger partial charge is 0.342 e. The summed E-state index contributed by atoms with van der Waals surface area (Å²) in [4.78, 5) is 19.9. The van der Waals surface area contributed by atoms with Crippen molar-refractivity contribution in [3.8, 4) is 11.3 Å². The molecule has 1 saturated heterocycles. The maximum Gasteiger partial charge on any atom is 0.228 e. The molecule has 0 N–H and O–H groups in total. The van der Waals surface area contributed by atoms with E-state index in [0.29, 0.717) is 23.3 Å². The fraction of sp³-hybridized carbons (Fsp3) is 0.364. The highest BCUT2D eigenvalue weighted by Gasteiger charge is 2.27. The van der Waals surface area contributed by atoms with Crippen molar-refractivity contribution in [2.24, 2.45) is 11.8 Å². The van der Waals surface area contributed by atoms with Crippen LogP contribution in [0.4, 0.5) is 0 Å². The number of hydrogen-bond donors (Lipinski definition) is 0. The number of hydrogen-bond acceptors (Lipinski definition) is 2. The van der Waals surface area contributed by atoms with E-state index in [2.05, 4.69) is 13.8 Å². The van der Waals surface area contributed by atoms with Gasteiger partial charge in [0, 0.05) is 29.9 Å². The van der Waals surface area contributed by atoms with Gasteiger partial charge in [0.25, 0.3) is 0 Å². The van der Waals surface area contributed by atoms with Crippen molar-refractivity contribution >= 4 is 23.2 Å². The van der Waals surface area contributed by atoms with E-state index in [1.54, 1.807) is 0 Å². The molecule has 0 saturated carbocycles. The van der Waals surface area contributed by atoms with Crippen molar-refractivity contribution in [1.29, 1.82) is 0 Å². The number of pyridine rings is 1. The van der Waals surface area contributed by atoms with Crippen molar-refractivity contribution in [3.63, 3.8) is 0 Å². The molecule has 0 radical (unpaired) electrons. The smallest absolute Gasteiger partial charge is 0.228 e. The first-order valence-electron chi connectivity index (χ1n) is 9.51. The van der Waals surface area contributed by atoms with Gasteiger partial charge in [-0.25, -0.2) is 4.98 Å². The maximum absolute atomic E-state index is 13.1. The predicted molar refractivity (Wildman–Crippen MR) is 109 cm³/mol. The van der Waals surface area contributed by atoms with E-state index in [1.165, 1.54) is 6.42 Å². The van der Waals surface area contributed by atoms with E-state index in [9.17, 15) is 4.79 Å². The molecule has 0 aliphatic carbocycles. The predicted octanol–water partition coefficient (Wildman–Crippen LogP) is 4.70. The lowest BCUT2D eigenvalue weighted by Crippen LogP contribution is -2.43. The number of likely N-dealkylation sites (tertiary alicyclic amines) is 1. The Kier molecular flexibility index (Phi) is 4.92. The minimum Gasteiger partial charge on any atom is -0.342 e. The molecule has 140 valence electrons. The van der Waals surface area contributed by atoms with Crippen LogP contribution in [0.3, 0.4) is 0 Å². The molecule has 1 amide bonds. The number of amides is 1. The number of carbonyl (C=O) groups is 1. The highest BCUT2D eigenvalue weighted by Crippen LogP contribution is 2.28. The third kappa shape index (κ3) is 3.72. The normalized spacial score (nSPS) is 20.2. The molecule has 1 fully saturated rings. The van der Waals surface area contributed by atoms with Gasteiger partial charge in [0.2, 0.25) is 5.91 Å². The van der Waals surface area contributed by atoms with Gasteiger partial charge in [-0.05, 0) is 42.5 Å². The van der Waals surface area contributed by atoms with Crippen LogP contribution in [0.2, 0.25) is 5.02 Å². The topological polar surface area (TPSA) is 37.6 Å². The Balaban J connectivity index is 1.70.